The van der Waals surface area contributed by atoms with E-state index in [1.165, 1.54) is 12.0 Å². The van der Waals surface area contributed by atoms with Crippen LogP contribution in [0.5, 0.6) is 5.88 Å². The summed E-state index contributed by atoms with van der Waals surface area (Å²) in [7, 11) is 1.65. The second-order valence-corrected chi connectivity index (χ2v) is 7.29. The molecule has 5 heterocycles. The molecule has 0 spiro atoms. The smallest absolute Gasteiger partial charge is 0.212 e. The molecule has 2 atom stereocenters. The van der Waals surface area contributed by atoms with Gasteiger partial charge in [-0.3, -0.25) is 9.89 Å². The number of nitrogens with zero attached hydrogens (tertiary/aromatic N) is 4. The van der Waals surface area contributed by atoms with E-state index >= 15 is 0 Å². The van der Waals surface area contributed by atoms with Crippen molar-refractivity contribution in [3.63, 3.8) is 0 Å². The first-order valence-corrected chi connectivity index (χ1v) is 8.33. The van der Waals surface area contributed by atoms with Gasteiger partial charge in [0.2, 0.25) is 5.88 Å². The molecule has 5 nitrogen and oxygen atoms in total. The van der Waals surface area contributed by atoms with Crippen LogP contribution in [0.3, 0.4) is 0 Å². The number of amidine groups is 1. The summed E-state index contributed by atoms with van der Waals surface area (Å²) in [5.74, 6) is 1.84. The highest BCUT2D eigenvalue weighted by Gasteiger charge is 2.45. The van der Waals surface area contributed by atoms with Gasteiger partial charge in [-0.05, 0) is 31.9 Å². The largest absolute Gasteiger partial charge is 0.481 e. The topological polar surface area (TPSA) is 41.0 Å². The van der Waals surface area contributed by atoms with E-state index in [0.29, 0.717) is 18.0 Å². The SMILES string of the molecule is COc1ccc(CN2C3CC2CN(C2=NC(C)(C)C=C2)C3)cn1. The van der Waals surface area contributed by atoms with Crippen molar-refractivity contribution in [2.24, 2.45) is 4.99 Å². The molecule has 23 heavy (non-hydrogen) atoms. The van der Waals surface area contributed by atoms with Crippen LogP contribution in [0.15, 0.2) is 35.5 Å². The molecule has 2 unspecified atom stereocenters. The van der Waals surface area contributed by atoms with Crippen LogP contribution >= 0.6 is 0 Å². The van der Waals surface area contributed by atoms with Crippen molar-refractivity contribution < 1.29 is 4.74 Å². The van der Waals surface area contributed by atoms with E-state index in [-0.39, 0.29) is 5.54 Å². The van der Waals surface area contributed by atoms with Gasteiger partial charge >= 0.3 is 0 Å². The quantitative estimate of drug-likeness (QED) is 0.857. The Kier molecular flexibility index (Phi) is 3.41. The monoisotopic (exact) mass is 312 g/mol. The Morgan fingerprint density at radius 3 is 2.61 bits per heavy atom. The van der Waals surface area contributed by atoms with Crippen molar-refractivity contribution in [3.05, 3.63) is 36.0 Å². The van der Waals surface area contributed by atoms with Gasteiger partial charge in [0.1, 0.15) is 5.84 Å². The average molecular weight is 312 g/mol. The molecule has 0 amide bonds. The molecule has 1 aromatic heterocycles. The molecule has 3 fully saturated rings. The number of ether oxygens (including phenoxy) is 1. The zero-order chi connectivity index (χ0) is 16.0. The van der Waals surface area contributed by atoms with E-state index in [2.05, 4.69) is 46.8 Å². The summed E-state index contributed by atoms with van der Waals surface area (Å²) in [5, 5.41) is 0. The van der Waals surface area contributed by atoms with E-state index in [9.17, 15) is 0 Å². The van der Waals surface area contributed by atoms with Gasteiger partial charge < -0.3 is 9.64 Å². The van der Waals surface area contributed by atoms with Gasteiger partial charge in [0.25, 0.3) is 0 Å². The van der Waals surface area contributed by atoms with Crippen molar-refractivity contribution >= 4 is 5.84 Å². The third kappa shape index (κ3) is 2.74. The zero-order valence-electron chi connectivity index (χ0n) is 14.1. The van der Waals surface area contributed by atoms with E-state index < -0.39 is 0 Å². The number of methoxy groups -OCH3 is 1. The molecule has 122 valence electrons. The highest BCUT2D eigenvalue weighted by atomic mass is 16.5. The molecule has 1 aromatic rings. The molecular weight excluding hydrogens is 288 g/mol. The van der Waals surface area contributed by atoms with Crippen LogP contribution in [0.1, 0.15) is 25.8 Å². The fourth-order valence-corrected chi connectivity index (χ4v) is 3.79. The maximum absolute atomic E-state index is 5.13. The predicted octanol–water partition coefficient (Wildman–Crippen LogP) is 2.10. The lowest BCUT2D eigenvalue weighted by atomic mass is 9.87. The first-order valence-electron chi connectivity index (χ1n) is 8.33. The highest BCUT2D eigenvalue weighted by Crippen LogP contribution is 2.35. The van der Waals surface area contributed by atoms with Gasteiger partial charge in [-0.25, -0.2) is 4.98 Å². The summed E-state index contributed by atoms with van der Waals surface area (Å²) in [6, 6.07) is 5.33. The summed E-state index contributed by atoms with van der Waals surface area (Å²) < 4.78 is 5.13. The van der Waals surface area contributed by atoms with Crippen LogP contribution in [-0.2, 0) is 6.54 Å². The number of piperidine rings is 1. The number of hydrogen-bond acceptors (Lipinski definition) is 5. The molecular formula is C18H24N4O. The van der Waals surface area contributed by atoms with Gasteiger partial charge in [0, 0.05) is 44.0 Å². The van der Waals surface area contributed by atoms with Gasteiger partial charge in [-0.1, -0.05) is 12.1 Å². The molecule has 3 saturated heterocycles. The van der Waals surface area contributed by atoms with Crippen molar-refractivity contribution in [1.29, 1.82) is 0 Å². The van der Waals surface area contributed by atoms with Crippen molar-refractivity contribution in [1.82, 2.24) is 14.8 Å². The number of hydrogen-bond donors (Lipinski definition) is 0. The fourth-order valence-electron chi connectivity index (χ4n) is 3.79. The molecule has 5 rings (SSSR count). The minimum atomic E-state index is -0.0363. The molecule has 0 aromatic carbocycles. The molecule has 5 heteroatoms. The van der Waals surface area contributed by atoms with Crippen LogP contribution in [0.2, 0.25) is 0 Å². The van der Waals surface area contributed by atoms with Gasteiger partial charge in [0.15, 0.2) is 0 Å². The summed E-state index contributed by atoms with van der Waals surface area (Å²) >= 11 is 0. The van der Waals surface area contributed by atoms with Crippen LogP contribution in [0.25, 0.3) is 0 Å². The van der Waals surface area contributed by atoms with E-state index in [0.717, 1.165) is 25.5 Å². The van der Waals surface area contributed by atoms with E-state index in [1.807, 2.05) is 12.3 Å². The first kappa shape index (κ1) is 14.7. The third-order valence-corrected chi connectivity index (χ3v) is 5.08. The average Bonchev–Trinajstić information content (AvgIpc) is 2.93. The molecule has 0 aliphatic carbocycles. The number of aromatic nitrogens is 1. The second-order valence-electron chi connectivity index (χ2n) is 7.29. The molecule has 4 aliphatic rings. The zero-order valence-corrected chi connectivity index (χ0v) is 14.1. The van der Waals surface area contributed by atoms with E-state index in [1.54, 1.807) is 7.11 Å². The molecule has 2 bridgehead atoms. The molecule has 4 aliphatic heterocycles. The van der Waals surface area contributed by atoms with Crippen molar-refractivity contribution in [2.75, 3.05) is 20.2 Å². The highest BCUT2D eigenvalue weighted by molar-refractivity contribution is 5.95. The normalized spacial score (nSPS) is 28.5. The predicted molar refractivity (Wildman–Crippen MR) is 90.8 cm³/mol. The molecule has 0 saturated carbocycles. The summed E-state index contributed by atoms with van der Waals surface area (Å²) in [6.45, 7) is 7.46. The standard InChI is InChI=1S/C18H24N4O/c1-18(2)7-6-16(20-18)21-11-14-8-15(12-21)22(14)10-13-4-5-17(23-3)19-9-13/h4-7,9,14-15H,8,10-12H2,1-3H3. The number of piperazine rings is 1. The Morgan fingerprint density at radius 1 is 1.26 bits per heavy atom. The van der Waals surface area contributed by atoms with E-state index in [4.69, 9.17) is 9.73 Å². The number of rotatable bonds is 3. The van der Waals surface area contributed by atoms with Crippen LogP contribution in [0, 0.1) is 0 Å². The lowest BCUT2D eigenvalue weighted by Gasteiger charge is -2.56. The molecule has 0 radical (unpaired) electrons. The maximum atomic E-state index is 5.13. The number of fused-ring (bicyclic) bond motifs is 2. The number of aliphatic imine (C=N–C) groups is 1. The Balaban J connectivity index is 1.39. The maximum Gasteiger partial charge on any atom is 0.212 e. The Bertz CT molecular complexity index is 637. The van der Waals surface area contributed by atoms with Crippen LogP contribution < -0.4 is 4.74 Å². The summed E-state index contributed by atoms with van der Waals surface area (Å²) in [6.07, 6.45) is 7.61. The Labute approximate surface area is 137 Å². The lowest BCUT2D eigenvalue weighted by Crippen LogP contribution is -2.68. The number of pyridine rings is 1. The lowest BCUT2D eigenvalue weighted by molar-refractivity contribution is -0.0538. The summed E-state index contributed by atoms with van der Waals surface area (Å²) in [4.78, 5) is 14.2. The Hall–Kier alpha value is -1.88. The van der Waals surface area contributed by atoms with Gasteiger partial charge in [0.05, 0.1) is 12.6 Å². The molecule has 0 N–H and O–H groups in total. The van der Waals surface area contributed by atoms with Crippen molar-refractivity contribution in [3.8, 4) is 5.88 Å². The minimum absolute atomic E-state index is 0.0363. The third-order valence-electron chi connectivity index (χ3n) is 5.08. The van der Waals surface area contributed by atoms with Crippen LogP contribution in [-0.4, -0.2) is 58.4 Å². The first-order chi connectivity index (χ1) is 11.0. The van der Waals surface area contributed by atoms with Gasteiger partial charge in [-0.2, -0.15) is 0 Å². The minimum Gasteiger partial charge on any atom is -0.481 e. The second kappa shape index (κ2) is 5.34. The summed E-state index contributed by atoms with van der Waals surface area (Å²) in [5.41, 5.74) is 1.22. The fraction of sp³-hybridized carbons (Fsp3) is 0.556. The van der Waals surface area contributed by atoms with Crippen LogP contribution in [0.4, 0.5) is 0 Å². The van der Waals surface area contributed by atoms with Gasteiger partial charge in [-0.15, -0.1) is 0 Å². The Morgan fingerprint density at radius 2 is 2.04 bits per heavy atom. The van der Waals surface area contributed by atoms with Crippen molar-refractivity contribution in [2.45, 2.75) is 44.4 Å².